The molecule has 2 N–H and O–H groups in total. The van der Waals surface area contributed by atoms with Gasteiger partial charge in [-0.25, -0.2) is 4.39 Å². The lowest BCUT2D eigenvalue weighted by molar-refractivity contribution is 0.410. The minimum absolute atomic E-state index is 0.196. The van der Waals surface area contributed by atoms with Crippen LogP contribution in [-0.2, 0) is 12.8 Å². The van der Waals surface area contributed by atoms with Crippen LogP contribution in [0.15, 0.2) is 54.7 Å². The molecule has 0 radical (unpaired) electrons. The van der Waals surface area contributed by atoms with E-state index in [0.29, 0.717) is 36.8 Å². The summed E-state index contributed by atoms with van der Waals surface area (Å²) in [6.45, 7) is 1.21. The molecule has 0 aliphatic rings. The molecule has 7 heteroatoms. The molecule has 3 rings (SSSR count). The number of methoxy groups -OCH3 is 1. The number of hydrogen-bond donors (Lipinski definition) is 2. The summed E-state index contributed by atoms with van der Waals surface area (Å²) in [5.74, 6) is 1.71. The summed E-state index contributed by atoms with van der Waals surface area (Å²) in [6.07, 6.45) is 2.89. The first-order valence-electron chi connectivity index (χ1n) is 8.79. The molecule has 140 valence electrons. The van der Waals surface area contributed by atoms with Crippen molar-refractivity contribution in [3.63, 3.8) is 0 Å². The van der Waals surface area contributed by atoms with Crippen molar-refractivity contribution in [2.75, 3.05) is 30.8 Å². The molecule has 0 aliphatic heterocycles. The van der Waals surface area contributed by atoms with Gasteiger partial charge in [-0.1, -0.05) is 36.4 Å². The quantitative estimate of drug-likeness (QED) is 0.604. The SMILES string of the molecule is COc1ccccc1CCNc1nncc(NCCc2ccccc2F)n1. The monoisotopic (exact) mass is 367 g/mol. The Hall–Kier alpha value is -3.22. The molecule has 0 saturated heterocycles. The van der Waals surface area contributed by atoms with Crippen LogP contribution < -0.4 is 15.4 Å². The van der Waals surface area contributed by atoms with E-state index in [2.05, 4.69) is 25.8 Å². The fourth-order valence-corrected chi connectivity index (χ4v) is 2.71. The summed E-state index contributed by atoms with van der Waals surface area (Å²) in [5.41, 5.74) is 1.78. The van der Waals surface area contributed by atoms with Gasteiger partial charge in [-0.2, -0.15) is 10.1 Å². The first kappa shape index (κ1) is 18.6. The number of ether oxygens (including phenoxy) is 1. The van der Waals surface area contributed by atoms with Crippen LogP contribution >= 0.6 is 0 Å². The van der Waals surface area contributed by atoms with Gasteiger partial charge >= 0.3 is 0 Å². The molecule has 0 fully saturated rings. The highest BCUT2D eigenvalue weighted by Gasteiger charge is 2.04. The number of para-hydroxylation sites is 1. The van der Waals surface area contributed by atoms with Crippen molar-refractivity contribution in [1.82, 2.24) is 15.2 Å². The van der Waals surface area contributed by atoms with E-state index in [1.165, 1.54) is 6.07 Å². The second kappa shape index (κ2) is 9.47. The Bertz CT molecular complexity index is 874. The minimum Gasteiger partial charge on any atom is -0.496 e. The Labute approximate surface area is 157 Å². The van der Waals surface area contributed by atoms with Gasteiger partial charge in [0.05, 0.1) is 13.3 Å². The van der Waals surface area contributed by atoms with Crippen molar-refractivity contribution >= 4 is 11.8 Å². The number of benzene rings is 2. The zero-order valence-corrected chi connectivity index (χ0v) is 15.2. The topological polar surface area (TPSA) is 72.0 Å². The molecule has 0 spiro atoms. The number of halogens is 1. The average Bonchev–Trinajstić information content (AvgIpc) is 2.70. The molecule has 0 aliphatic carbocycles. The normalized spacial score (nSPS) is 10.4. The van der Waals surface area contributed by atoms with Gasteiger partial charge < -0.3 is 15.4 Å². The summed E-state index contributed by atoms with van der Waals surface area (Å²) in [5, 5.41) is 14.2. The fourth-order valence-electron chi connectivity index (χ4n) is 2.71. The maximum Gasteiger partial charge on any atom is 0.244 e. The smallest absolute Gasteiger partial charge is 0.244 e. The molecule has 0 unspecified atom stereocenters. The zero-order chi connectivity index (χ0) is 18.9. The number of nitrogens with one attached hydrogen (secondary N) is 2. The summed E-state index contributed by atoms with van der Waals surface area (Å²) >= 11 is 0. The van der Waals surface area contributed by atoms with Crippen molar-refractivity contribution in [3.05, 3.63) is 71.7 Å². The maximum atomic E-state index is 13.6. The molecule has 2 aromatic carbocycles. The van der Waals surface area contributed by atoms with Crippen LogP contribution in [-0.4, -0.2) is 35.4 Å². The van der Waals surface area contributed by atoms with Crippen LogP contribution in [0.4, 0.5) is 16.2 Å². The molecule has 0 amide bonds. The molecular formula is C20H22FN5O. The zero-order valence-electron chi connectivity index (χ0n) is 15.2. The summed E-state index contributed by atoms with van der Waals surface area (Å²) < 4.78 is 19.0. The van der Waals surface area contributed by atoms with E-state index in [0.717, 1.165) is 17.7 Å². The van der Waals surface area contributed by atoms with Crippen LogP contribution in [0.1, 0.15) is 11.1 Å². The first-order chi connectivity index (χ1) is 13.3. The van der Waals surface area contributed by atoms with Crippen LogP contribution in [0.5, 0.6) is 5.75 Å². The van der Waals surface area contributed by atoms with Gasteiger partial charge in [0.25, 0.3) is 0 Å². The second-order valence-corrected chi connectivity index (χ2v) is 5.92. The Balaban J connectivity index is 1.49. The molecule has 0 atom stereocenters. The van der Waals surface area contributed by atoms with E-state index >= 15 is 0 Å². The van der Waals surface area contributed by atoms with Crippen molar-refractivity contribution in [2.24, 2.45) is 0 Å². The molecule has 3 aromatic rings. The van der Waals surface area contributed by atoms with Crippen LogP contribution in [0.2, 0.25) is 0 Å². The summed E-state index contributed by atoms with van der Waals surface area (Å²) in [4.78, 5) is 4.38. The standard InChI is InChI=1S/C20H22FN5O/c1-27-18-9-5-3-7-16(18)11-13-23-20-25-19(14-24-26-20)22-12-10-15-6-2-4-8-17(15)21/h2-9,14H,10-13H2,1H3,(H2,22,23,25,26). The van der Waals surface area contributed by atoms with E-state index < -0.39 is 0 Å². The van der Waals surface area contributed by atoms with Crippen molar-refractivity contribution in [1.29, 1.82) is 0 Å². The van der Waals surface area contributed by atoms with Crippen LogP contribution in [0, 0.1) is 5.82 Å². The highest BCUT2D eigenvalue weighted by atomic mass is 19.1. The number of hydrogen-bond acceptors (Lipinski definition) is 6. The summed E-state index contributed by atoms with van der Waals surface area (Å²) in [7, 11) is 1.66. The lowest BCUT2D eigenvalue weighted by atomic mass is 10.1. The highest BCUT2D eigenvalue weighted by Crippen LogP contribution is 2.17. The fraction of sp³-hybridized carbons (Fsp3) is 0.250. The largest absolute Gasteiger partial charge is 0.496 e. The lowest BCUT2D eigenvalue weighted by Gasteiger charge is -2.10. The Morgan fingerprint density at radius 3 is 2.44 bits per heavy atom. The van der Waals surface area contributed by atoms with Crippen molar-refractivity contribution in [2.45, 2.75) is 12.8 Å². The molecule has 6 nitrogen and oxygen atoms in total. The number of rotatable bonds is 9. The van der Waals surface area contributed by atoms with Gasteiger partial charge in [0.2, 0.25) is 5.95 Å². The summed E-state index contributed by atoms with van der Waals surface area (Å²) in [6, 6.07) is 14.6. The average molecular weight is 367 g/mol. The van der Waals surface area contributed by atoms with Gasteiger partial charge in [-0.15, -0.1) is 5.10 Å². The third kappa shape index (κ3) is 5.37. The third-order valence-corrected chi connectivity index (χ3v) is 4.09. The number of nitrogens with zero attached hydrogens (tertiary/aromatic N) is 3. The molecule has 0 saturated carbocycles. The van der Waals surface area contributed by atoms with Crippen molar-refractivity contribution in [3.8, 4) is 5.75 Å². The maximum absolute atomic E-state index is 13.6. The van der Waals surface area contributed by atoms with Gasteiger partial charge in [-0.05, 0) is 36.1 Å². The molecule has 27 heavy (non-hydrogen) atoms. The molecular weight excluding hydrogens is 345 g/mol. The minimum atomic E-state index is -0.196. The molecule has 1 aromatic heterocycles. The van der Waals surface area contributed by atoms with E-state index in [1.807, 2.05) is 30.3 Å². The van der Waals surface area contributed by atoms with E-state index in [-0.39, 0.29) is 5.82 Å². The Kier molecular flexibility index (Phi) is 6.51. The predicted octanol–water partition coefficient (Wildman–Crippen LogP) is 3.33. The highest BCUT2D eigenvalue weighted by molar-refractivity contribution is 5.38. The second-order valence-electron chi connectivity index (χ2n) is 5.92. The van der Waals surface area contributed by atoms with Gasteiger partial charge in [0.15, 0.2) is 5.82 Å². The van der Waals surface area contributed by atoms with Crippen LogP contribution in [0.3, 0.4) is 0 Å². The van der Waals surface area contributed by atoms with E-state index in [1.54, 1.807) is 25.4 Å². The number of aromatic nitrogens is 3. The third-order valence-electron chi connectivity index (χ3n) is 4.09. The van der Waals surface area contributed by atoms with Gasteiger partial charge in [0, 0.05) is 13.1 Å². The number of anilines is 2. The van der Waals surface area contributed by atoms with Crippen molar-refractivity contribution < 1.29 is 9.13 Å². The van der Waals surface area contributed by atoms with E-state index in [4.69, 9.17) is 4.74 Å². The molecule has 0 bridgehead atoms. The molecule has 1 heterocycles. The van der Waals surface area contributed by atoms with Crippen LogP contribution in [0.25, 0.3) is 0 Å². The van der Waals surface area contributed by atoms with E-state index in [9.17, 15) is 4.39 Å². The first-order valence-corrected chi connectivity index (χ1v) is 8.79. The Morgan fingerprint density at radius 2 is 1.63 bits per heavy atom. The van der Waals surface area contributed by atoms with Gasteiger partial charge in [0.1, 0.15) is 11.6 Å². The Morgan fingerprint density at radius 1 is 0.926 bits per heavy atom. The lowest BCUT2D eigenvalue weighted by Crippen LogP contribution is -2.12. The predicted molar refractivity (Wildman–Crippen MR) is 104 cm³/mol. The van der Waals surface area contributed by atoms with Gasteiger partial charge in [-0.3, -0.25) is 0 Å².